The summed E-state index contributed by atoms with van der Waals surface area (Å²) in [5.41, 5.74) is 0.915. The lowest BCUT2D eigenvalue weighted by atomic mass is 10.00. The molecule has 7 heteroatoms. The molecule has 1 unspecified atom stereocenters. The maximum absolute atomic E-state index is 14.3. The predicted molar refractivity (Wildman–Crippen MR) is 96.3 cm³/mol. The summed E-state index contributed by atoms with van der Waals surface area (Å²) in [6.07, 6.45) is 2.77. The van der Waals surface area contributed by atoms with Crippen LogP contribution >= 0.6 is 0 Å². The van der Waals surface area contributed by atoms with E-state index in [0.717, 1.165) is 0 Å². The molecule has 0 radical (unpaired) electrons. The number of nitrogens with one attached hydrogen (secondary N) is 1. The van der Waals surface area contributed by atoms with Crippen molar-refractivity contribution >= 4 is 5.91 Å². The minimum atomic E-state index is -0.995. The molecule has 0 saturated carbocycles. The van der Waals surface area contributed by atoms with Gasteiger partial charge in [-0.2, -0.15) is 0 Å². The highest BCUT2D eigenvalue weighted by Gasteiger charge is 2.23. The van der Waals surface area contributed by atoms with E-state index in [1.54, 1.807) is 13.0 Å². The summed E-state index contributed by atoms with van der Waals surface area (Å²) < 4.78 is 29.5. The van der Waals surface area contributed by atoms with Gasteiger partial charge < -0.3 is 9.88 Å². The van der Waals surface area contributed by atoms with Gasteiger partial charge >= 0.3 is 0 Å². The Morgan fingerprint density at radius 2 is 1.96 bits per heavy atom. The molecule has 27 heavy (non-hydrogen) atoms. The van der Waals surface area contributed by atoms with E-state index in [9.17, 15) is 18.4 Å². The molecule has 0 bridgehead atoms. The van der Waals surface area contributed by atoms with Crippen LogP contribution in [-0.2, 0) is 7.05 Å². The SMILES string of the molecule is Cc1cc(F)cc(C(NC(=O)c2ccc(=O)n(C)c2)c2ncccc2F)c1. The number of rotatable bonds is 4. The fourth-order valence-corrected chi connectivity index (χ4v) is 2.79. The average Bonchev–Trinajstić information content (AvgIpc) is 2.61. The summed E-state index contributed by atoms with van der Waals surface area (Å²) in [6.45, 7) is 1.70. The zero-order chi connectivity index (χ0) is 19.6. The van der Waals surface area contributed by atoms with Crippen LogP contribution in [0.2, 0.25) is 0 Å². The molecule has 1 N–H and O–H groups in total. The molecule has 2 aromatic heterocycles. The van der Waals surface area contributed by atoms with Gasteiger partial charge in [-0.25, -0.2) is 8.78 Å². The maximum Gasteiger partial charge on any atom is 0.253 e. The summed E-state index contributed by atoms with van der Waals surface area (Å²) >= 11 is 0. The van der Waals surface area contributed by atoms with Crippen LogP contribution in [0.5, 0.6) is 0 Å². The molecule has 5 nitrogen and oxygen atoms in total. The smallest absolute Gasteiger partial charge is 0.253 e. The third kappa shape index (κ3) is 4.08. The number of benzene rings is 1. The summed E-state index contributed by atoms with van der Waals surface area (Å²) in [5, 5.41) is 2.68. The Morgan fingerprint density at radius 1 is 1.19 bits per heavy atom. The van der Waals surface area contributed by atoms with E-state index in [1.165, 1.54) is 60.4 Å². The van der Waals surface area contributed by atoms with Crippen molar-refractivity contribution < 1.29 is 13.6 Å². The Balaban J connectivity index is 2.04. The van der Waals surface area contributed by atoms with Crippen LogP contribution in [0.1, 0.15) is 33.2 Å². The Labute approximate surface area is 154 Å². The second-order valence-electron chi connectivity index (χ2n) is 6.21. The molecule has 3 rings (SSSR count). The molecule has 0 fully saturated rings. The number of carbonyl (C=O) groups excluding carboxylic acids is 1. The van der Waals surface area contributed by atoms with E-state index >= 15 is 0 Å². The van der Waals surface area contributed by atoms with Crippen molar-refractivity contribution in [3.05, 3.63) is 99.2 Å². The largest absolute Gasteiger partial charge is 0.339 e. The van der Waals surface area contributed by atoms with E-state index < -0.39 is 23.6 Å². The zero-order valence-corrected chi connectivity index (χ0v) is 14.7. The number of nitrogens with zero attached hydrogens (tertiary/aromatic N) is 2. The molecule has 1 aromatic carbocycles. The number of hydrogen-bond acceptors (Lipinski definition) is 3. The zero-order valence-electron chi connectivity index (χ0n) is 14.7. The van der Waals surface area contributed by atoms with E-state index in [-0.39, 0.29) is 16.8 Å². The second kappa shape index (κ2) is 7.49. The van der Waals surface area contributed by atoms with Crippen LogP contribution in [0.3, 0.4) is 0 Å². The molecule has 0 aliphatic heterocycles. The number of amides is 1. The van der Waals surface area contributed by atoms with Gasteiger partial charge in [0.15, 0.2) is 0 Å². The molecule has 138 valence electrons. The van der Waals surface area contributed by atoms with Gasteiger partial charge in [0.25, 0.3) is 5.91 Å². The first-order valence-electron chi connectivity index (χ1n) is 8.20. The minimum absolute atomic E-state index is 0.0272. The highest BCUT2D eigenvalue weighted by Crippen LogP contribution is 2.25. The first-order valence-corrected chi connectivity index (χ1v) is 8.20. The number of aryl methyl sites for hydroxylation is 2. The minimum Gasteiger partial charge on any atom is -0.339 e. The van der Waals surface area contributed by atoms with Crippen molar-refractivity contribution in [1.29, 1.82) is 0 Å². The van der Waals surface area contributed by atoms with Gasteiger partial charge in [-0.1, -0.05) is 6.07 Å². The average molecular weight is 369 g/mol. The number of hydrogen-bond donors (Lipinski definition) is 1. The molecule has 1 amide bonds. The molecular weight excluding hydrogens is 352 g/mol. The highest BCUT2D eigenvalue weighted by atomic mass is 19.1. The van der Waals surface area contributed by atoms with Crippen molar-refractivity contribution in [3.8, 4) is 0 Å². The number of carbonyl (C=O) groups is 1. The van der Waals surface area contributed by atoms with Crippen LogP contribution in [0.15, 0.2) is 59.7 Å². The van der Waals surface area contributed by atoms with Gasteiger partial charge in [0, 0.05) is 25.5 Å². The van der Waals surface area contributed by atoms with Crippen molar-refractivity contribution in [2.75, 3.05) is 0 Å². The van der Waals surface area contributed by atoms with Crippen LogP contribution in [0.25, 0.3) is 0 Å². The topological polar surface area (TPSA) is 64.0 Å². The van der Waals surface area contributed by atoms with E-state index in [0.29, 0.717) is 11.1 Å². The van der Waals surface area contributed by atoms with Crippen molar-refractivity contribution in [2.24, 2.45) is 7.05 Å². The molecule has 2 heterocycles. The number of pyridine rings is 2. The lowest BCUT2D eigenvalue weighted by molar-refractivity contribution is 0.0941. The van der Waals surface area contributed by atoms with Gasteiger partial charge in [0.05, 0.1) is 11.6 Å². The lowest BCUT2D eigenvalue weighted by Gasteiger charge is -2.20. The third-order valence-electron chi connectivity index (χ3n) is 4.08. The summed E-state index contributed by atoms with van der Waals surface area (Å²) in [6, 6.07) is 8.52. The van der Waals surface area contributed by atoms with Crippen LogP contribution in [-0.4, -0.2) is 15.5 Å². The van der Waals surface area contributed by atoms with E-state index in [2.05, 4.69) is 10.3 Å². The van der Waals surface area contributed by atoms with Gasteiger partial charge in [0.2, 0.25) is 5.56 Å². The maximum atomic E-state index is 14.3. The van der Waals surface area contributed by atoms with Crippen LogP contribution < -0.4 is 10.9 Å². The summed E-state index contributed by atoms with van der Waals surface area (Å²) in [7, 11) is 1.52. The van der Waals surface area contributed by atoms with Gasteiger partial charge in [-0.3, -0.25) is 14.6 Å². The molecule has 0 saturated heterocycles. The Kier molecular flexibility index (Phi) is 5.12. The fourth-order valence-electron chi connectivity index (χ4n) is 2.79. The molecule has 0 spiro atoms. The van der Waals surface area contributed by atoms with Crippen molar-refractivity contribution in [1.82, 2.24) is 14.9 Å². The lowest BCUT2D eigenvalue weighted by Crippen LogP contribution is -2.31. The van der Waals surface area contributed by atoms with Gasteiger partial charge in [0.1, 0.15) is 17.3 Å². The predicted octanol–water partition coefficient (Wildman–Crippen LogP) is 2.89. The summed E-state index contributed by atoms with van der Waals surface area (Å²) in [4.78, 5) is 28.2. The van der Waals surface area contributed by atoms with Crippen molar-refractivity contribution in [2.45, 2.75) is 13.0 Å². The normalized spacial score (nSPS) is 11.9. The highest BCUT2D eigenvalue weighted by molar-refractivity contribution is 5.94. The molecule has 3 aromatic rings. The van der Waals surface area contributed by atoms with Crippen molar-refractivity contribution in [3.63, 3.8) is 0 Å². The third-order valence-corrected chi connectivity index (χ3v) is 4.08. The Hall–Kier alpha value is -3.35. The molecule has 0 aliphatic rings. The van der Waals surface area contributed by atoms with E-state index in [4.69, 9.17) is 0 Å². The molecular formula is C20H17F2N3O2. The fraction of sp³-hybridized carbons (Fsp3) is 0.150. The number of halogens is 2. The second-order valence-corrected chi connectivity index (χ2v) is 6.21. The number of aromatic nitrogens is 2. The van der Waals surface area contributed by atoms with Gasteiger partial charge in [-0.15, -0.1) is 0 Å². The monoisotopic (exact) mass is 369 g/mol. The van der Waals surface area contributed by atoms with Gasteiger partial charge in [-0.05, 0) is 48.4 Å². The van der Waals surface area contributed by atoms with Crippen LogP contribution in [0, 0.1) is 18.6 Å². The first-order chi connectivity index (χ1) is 12.8. The Morgan fingerprint density at radius 3 is 2.63 bits per heavy atom. The summed E-state index contributed by atoms with van der Waals surface area (Å²) in [5.74, 6) is -1.66. The quantitative estimate of drug-likeness (QED) is 0.769. The van der Waals surface area contributed by atoms with E-state index in [1.807, 2.05) is 0 Å². The molecule has 0 aliphatic carbocycles. The first kappa shape index (κ1) is 18.4. The standard InChI is InChI=1S/C20H17F2N3O2/c1-12-8-14(10-15(21)9-12)18(19-16(22)4-3-7-23-19)24-20(27)13-5-6-17(26)25(2)11-13/h3-11,18H,1-2H3,(H,24,27). The molecule has 1 atom stereocenters. The van der Waals surface area contributed by atoms with Crippen LogP contribution in [0.4, 0.5) is 8.78 Å². The Bertz CT molecular complexity index is 1040.